The second-order valence-corrected chi connectivity index (χ2v) is 10.3. The van der Waals surface area contributed by atoms with Crippen molar-refractivity contribution in [3.8, 4) is 0 Å². The van der Waals surface area contributed by atoms with Crippen molar-refractivity contribution in [3.63, 3.8) is 0 Å². The Balaban J connectivity index is 1.33. The molecule has 4 rings (SSSR count). The van der Waals surface area contributed by atoms with Gasteiger partial charge in [0.1, 0.15) is 17.7 Å². The number of hydrogen-bond donors (Lipinski definition) is 1. The molecule has 2 aromatic rings. The first-order valence-corrected chi connectivity index (χ1v) is 11.9. The van der Waals surface area contributed by atoms with Crippen molar-refractivity contribution in [3.05, 3.63) is 50.5 Å². The molecule has 1 saturated heterocycles. The molecule has 1 aromatic heterocycles. The molecule has 0 radical (unpaired) electrons. The number of amides is 1. The molecule has 3 heterocycles. The summed E-state index contributed by atoms with van der Waals surface area (Å²) < 4.78 is 2.35. The Labute approximate surface area is 185 Å². The van der Waals surface area contributed by atoms with Crippen LogP contribution in [0.1, 0.15) is 49.9 Å². The molecule has 0 saturated carbocycles. The zero-order valence-electron chi connectivity index (χ0n) is 17.5. The van der Waals surface area contributed by atoms with Gasteiger partial charge >= 0.3 is 0 Å². The fraction of sp³-hybridized carbons (Fsp3) is 0.455. The van der Waals surface area contributed by atoms with Crippen molar-refractivity contribution >= 4 is 41.3 Å². The maximum Gasteiger partial charge on any atom is 0.253 e. The van der Waals surface area contributed by atoms with Gasteiger partial charge in [-0.3, -0.25) is 18.9 Å². The molecule has 0 unspecified atom stereocenters. The molecule has 2 aliphatic rings. The average molecular weight is 443 g/mol. The van der Waals surface area contributed by atoms with Crippen molar-refractivity contribution in [1.82, 2.24) is 14.6 Å². The number of benzene rings is 1. The lowest BCUT2D eigenvalue weighted by Gasteiger charge is -2.34. The molecule has 0 aliphatic carbocycles. The molecule has 1 amide bonds. The zero-order chi connectivity index (χ0) is 21.3. The number of nitrogens with zero attached hydrogens (tertiary/aromatic N) is 3. The van der Waals surface area contributed by atoms with Gasteiger partial charge in [0.2, 0.25) is 0 Å². The minimum Gasteiger partial charge on any atom is -0.308 e. The minimum atomic E-state index is -0.627. The van der Waals surface area contributed by atoms with E-state index in [4.69, 9.17) is 4.99 Å². The molecule has 8 heteroatoms. The number of aryl methyl sites for hydroxylation is 4. The summed E-state index contributed by atoms with van der Waals surface area (Å²) in [6, 6.07) is 5.87. The fourth-order valence-corrected chi connectivity index (χ4v) is 5.93. The van der Waals surface area contributed by atoms with Crippen LogP contribution in [0.4, 0.5) is 0 Å². The third kappa shape index (κ3) is 4.22. The van der Waals surface area contributed by atoms with Crippen molar-refractivity contribution in [2.45, 2.75) is 45.6 Å². The Bertz CT molecular complexity index is 1010. The highest BCUT2D eigenvalue weighted by atomic mass is 32.2. The average Bonchev–Trinajstić information content (AvgIpc) is 3.23. The Morgan fingerprint density at radius 1 is 1.27 bits per heavy atom. The molecule has 30 heavy (non-hydrogen) atoms. The number of piperidine rings is 1. The number of hydrogen-bond acceptors (Lipinski definition) is 7. The van der Waals surface area contributed by atoms with Crippen LogP contribution in [0.25, 0.3) is 0 Å². The third-order valence-corrected chi connectivity index (χ3v) is 7.99. The van der Waals surface area contributed by atoms with Crippen LogP contribution in [0.5, 0.6) is 0 Å². The maximum atomic E-state index is 12.8. The van der Waals surface area contributed by atoms with Gasteiger partial charge in [-0.1, -0.05) is 24.1 Å². The van der Waals surface area contributed by atoms with Crippen LogP contribution in [0.3, 0.4) is 0 Å². The molecular formula is C22H26N4O2S2. The van der Waals surface area contributed by atoms with Gasteiger partial charge in [0.05, 0.1) is 15.6 Å². The van der Waals surface area contributed by atoms with Gasteiger partial charge in [0, 0.05) is 24.4 Å². The van der Waals surface area contributed by atoms with Crippen molar-refractivity contribution in [1.29, 1.82) is 0 Å². The van der Waals surface area contributed by atoms with E-state index >= 15 is 0 Å². The number of nitrogens with one attached hydrogen (secondary N) is 1. The Hall–Kier alpha value is -2.03. The van der Waals surface area contributed by atoms with E-state index in [1.807, 2.05) is 44.0 Å². The van der Waals surface area contributed by atoms with Crippen LogP contribution in [0.2, 0.25) is 0 Å². The van der Waals surface area contributed by atoms with E-state index < -0.39 is 5.54 Å². The fourth-order valence-electron chi connectivity index (χ4n) is 4.06. The van der Waals surface area contributed by atoms with Gasteiger partial charge in [-0.05, 0) is 57.2 Å². The summed E-state index contributed by atoms with van der Waals surface area (Å²) in [4.78, 5) is 33.9. The van der Waals surface area contributed by atoms with Crippen LogP contribution >= 0.6 is 23.3 Å². The van der Waals surface area contributed by atoms with E-state index in [0.29, 0.717) is 5.84 Å². The highest BCUT2D eigenvalue weighted by Gasteiger charge is 2.46. The van der Waals surface area contributed by atoms with E-state index in [9.17, 15) is 9.59 Å². The minimum absolute atomic E-state index is 0.0264. The van der Waals surface area contributed by atoms with E-state index in [0.717, 1.165) is 71.1 Å². The molecular weight excluding hydrogens is 416 g/mol. The quantitative estimate of drug-likeness (QED) is 0.548. The monoisotopic (exact) mass is 442 g/mol. The molecule has 1 N–H and O–H groups in total. The molecule has 0 atom stereocenters. The maximum absolute atomic E-state index is 12.8. The van der Waals surface area contributed by atoms with Gasteiger partial charge in [0.15, 0.2) is 0 Å². The Kier molecular flexibility index (Phi) is 6.09. The summed E-state index contributed by atoms with van der Waals surface area (Å²) in [5, 5.41) is 4.00. The van der Waals surface area contributed by atoms with Gasteiger partial charge < -0.3 is 5.32 Å². The summed E-state index contributed by atoms with van der Waals surface area (Å²) >= 11 is 3.42. The Morgan fingerprint density at radius 3 is 2.67 bits per heavy atom. The molecule has 6 nitrogen and oxygen atoms in total. The molecule has 0 bridgehead atoms. The molecule has 2 aliphatic heterocycles. The predicted octanol–water partition coefficient (Wildman–Crippen LogP) is 3.48. The van der Waals surface area contributed by atoms with Crippen molar-refractivity contribution in [2.24, 2.45) is 4.99 Å². The number of rotatable bonds is 6. The third-order valence-electron chi connectivity index (χ3n) is 5.80. The number of carbonyl (C=O) groups is 2. The van der Waals surface area contributed by atoms with Crippen LogP contribution < -0.4 is 5.32 Å². The summed E-state index contributed by atoms with van der Waals surface area (Å²) in [6.45, 7) is 7.68. The SMILES string of the molecule is Cc1nc(C)c(C2=NC3(CCN(SCCc4ccc(C=O)cc4C)CC3)C(=O)N2)s1. The lowest BCUT2D eigenvalue weighted by Crippen LogP contribution is -2.47. The lowest BCUT2D eigenvalue weighted by molar-refractivity contribution is -0.124. The summed E-state index contributed by atoms with van der Waals surface area (Å²) in [5.41, 5.74) is 3.47. The largest absolute Gasteiger partial charge is 0.308 e. The predicted molar refractivity (Wildman–Crippen MR) is 123 cm³/mol. The number of aliphatic imine (C=N–C) groups is 1. The normalized spacial score (nSPS) is 18.5. The van der Waals surface area contributed by atoms with Gasteiger partial charge in [-0.15, -0.1) is 11.3 Å². The van der Waals surface area contributed by atoms with Crippen molar-refractivity contribution < 1.29 is 9.59 Å². The first-order valence-electron chi connectivity index (χ1n) is 10.2. The number of carbonyl (C=O) groups excluding carboxylic acids is 2. The standard InChI is InChI=1S/C22H26N4O2S2/c1-14-12-17(13-27)4-5-18(14)6-11-29-26-9-7-22(8-10-26)21(28)24-20(25-22)19-15(2)23-16(3)30-19/h4-5,12-13H,6-11H2,1-3H3,(H,24,25,28). The number of thiazole rings is 1. The van der Waals surface area contributed by atoms with E-state index in [-0.39, 0.29) is 5.91 Å². The second kappa shape index (κ2) is 8.61. The van der Waals surface area contributed by atoms with Gasteiger partial charge in [-0.25, -0.2) is 4.98 Å². The molecule has 1 aromatic carbocycles. The smallest absolute Gasteiger partial charge is 0.253 e. The van der Waals surface area contributed by atoms with Crippen LogP contribution in [-0.2, 0) is 11.2 Å². The van der Waals surface area contributed by atoms with E-state index in [2.05, 4.69) is 21.5 Å². The highest BCUT2D eigenvalue weighted by molar-refractivity contribution is 7.97. The number of aldehydes is 1. The molecule has 1 fully saturated rings. The highest BCUT2D eigenvalue weighted by Crippen LogP contribution is 2.34. The number of aromatic nitrogens is 1. The first kappa shape index (κ1) is 21.2. The van der Waals surface area contributed by atoms with Crippen LogP contribution in [0.15, 0.2) is 23.2 Å². The van der Waals surface area contributed by atoms with Gasteiger partial charge in [-0.2, -0.15) is 0 Å². The van der Waals surface area contributed by atoms with Crippen LogP contribution in [0, 0.1) is 20.8 Å². The second-order valence-electron chi connectivity index (χ2n) is 7.91. The van der Waals surface area contributed by atoms with E-state index in [1.54, 1.807) is 11.3 Å². The summed E-state index contributed by atoms with van der Waals surface area (Å²) in [7, 11) is 0. The van der Waals surface area contributed by atoms with Crippen LogP contribution in [-0.4, -0.2) is 51.7 Å². The topological polar surface area (TPSA) is 74.7 Å². The van der Waals surface area contributed by atoms with Crippen molar-refractivity contribution in [2.75, 3.05) is 18.8 Å². The zero-order valence-corrected chi connectivity index (χ0v) is 19.2. The lowest BCUT2D eigenvalue weighted by atomic mass is 9.89. The van der Waals surface area contributed by atoms with E-state index in [1.165, 1.54) is 5.56 Å². The molecule has 1 spiro atoms. The molecule has 158 valence electrons. The van der Waals surface area contributed by atoms with Gasteiger partial charge in [0.25, 0.3) is 5.91 Å². The number of amidine groups is 1. The Morgan fingerprint density at radius 2 is 2.03 bits per heavy atom. The summed E-state index contributed by atoms with van der Waals surface area (Å²) in [6.07, 6.45) is 3.32. The summed E-state index contributed by atoms with van der Waals surface area (Å²) in [5.74, 6) is 1.70. The first-order chi connectivity index (χ1) is 14.4.